The van der Waals surface area contributed by atoms with Gasteiger partial charge in [-0.25, -0.2) is 4.98 Å². The summed E-state index contributed by atoms with van der Waals surface area (Å²) in [6.07, 6.45) is -7.21. The van der Waals surface area contributed by atoms with Crippen LogP contribution >= 0.6 is 11.5 Å². The van der Waals surface area contributed by atoms with Crippen molar-refractivity contribution in [3.8, 4) is 0 Å². The van der Waals surface area contributed by atoms with E-state index in [4.69, 9.17) is 0 Å². The molecule has 3 heterocycles. The van der Waals surface area contributed by atoms with E-state index in [1.165, 1.54) is 35.4 Å². The lowest BCUT2D eigenvalue weighted by molar-refractivity contribution is -0.155. The molecule has 0 unspecified atom stereocenters. The van der Waals surface area contributed by atoms with Crippen LogP contribution in [-0.4, -0.2) is 62.9 Å². The number of nitrogens with zero attached hydrogens (tertiary/aromatic N) is 4. The highest BCUT2D eigenvalue weighted by Gasteiger charge is 2.37. The largest absolute Gasteiger partial charge is 0.434 e. The molecular weight excluding hydrogens is 538 g/mol. The summed E-state index contributed by atoms with van der Waals surface area (Å²) >= 11 is 0.967. The fraction of sp³-hybridized carbons (Fsp3) is 0.348. The monoisotopic (exact) mass is 558 g/mol. The molecule has 0 aliphatic carbocycles. The van der Waals surface area contributed by atoms with Gasteiger partial charge in [0.05, 0.1) is 35.7 Å². The molecule has 0 atom stereocenters. The van der Waals surface area contributed by atoms with Crippen LogP contribution in [0, 0.1) is 6.92 Å². The van der Waals surface area contributed by atoms with Gasteiger partial charge in [0.2, 0.25) is 0 Å². The highest BCUT2D eigenvalue weighted by molar-refractivity contribution is 7.06. The predicted molar refractivity (Wildman–Crippen MR) is 125 cm³/mol. The lowest BCUT2D eigenvalue weighted by Crippen LogP contribution is -2.60. The summed E-state index contributed by atoms with van der Waals surface area (Å²) in [5.74, 6) is -0.996. The highest BCUT2D eigenvalue weighted by atomic mass is 32.1. The molecule has 2 aromatic heterocycles. The molecule has 0 spiro atoms. The number of alkyl halides is 6. The number of hydrogen-bond donors (Lipinski definition) is 2. The van der Waals surface area contributed by atoms with Crippen LogP contribution in [-0.2, 0) is 12.6 Å². The number of likely N-dealkylation sites (tertiary alicyclic amines) is 1. The summed E-state index contributed by atoms with van der Waals surface area (Å²) in [4.78, 5) is 34.1. The molecular formula is C23H20F6N6O2S. The van der Waals surface area contributed by atoms with Crippen LogP contribution in [0.4, 0.5) is 32.0 Å². The Morgan fingerprint density at radius 2 is 1.74 bits per heavy atom. The second kappa shape index (κ2) is 10.6. The fourth-order valence-electron chi connectivity index (χ4n) is 3.83. The van der Waals surface area contributed by atoms with Gasteiger partial charge in [0, 0.05) is 41.8 Å². The van der Waals surface area contributed by atoms with Gasteiger partial charge in [-0.2, -0.15) is 30.7 Å². The quantitative estimate of drug-likeness (QED) is 0.424. The zero-order valence-corrected chi connectivity index (χ0v) is 20.5. The first kappa shape index (κ1) is 27.4. The normalized spacial score (nSPS) is 14.7. The number of aryl methyl sites for hydroxylation is 1. The first-order chi connectivity index (χ1) is 17.8. The van der Waals surface area contributed by atoms with E-state index in [2.05, 4.69) is 25.0 Å². The maximum absolute atomic E-state index is 13.0. The molecule has 1 saturated heterocycles. The molecule has 0 radical (unpaired) electrons. The highest BCUT2D eigenvalue weighted by Crippen LogP contribution is 2.28. The number of rotatable bonds is 7. The van der Waals surface area contributed by atoms with E-state index in [-0.39, 0.29) is 36.3 Å². The maximum Gasteiger partial charge on any atom is 0.434 e. The third-order valence-electron chi connectivity index (χ3n) is 5.58. The minimum absolute atomic E-state index is 0.0286. The maximum atomic E-state index is 13.0. The Hall–Kier alpha value is -3.59. The number of anilines is 1. The summed E-state index contributed by atoms with van der Waals surface area (Å²) in [5.41, 5.74) is 0.0857. The summed E-state index contributed by atoms with van der Waals surface area (Å²) < 4.78 is 80.2. The SMILES string of the molecule is Cc1nsc(Cc2cncc(C(F)(F)F)n2)c1C(=O)Nc1ccc(C(=O)NC2CN(CC(F)(F)F)C2)cc1. The van der Waals surface area contributed by atoms with Crippen LogP contribution in [0.5, 0.6) is 0 Å². The molecule has 0 bridgehead atoms. The van der Waals surface area contributed by atoms with Gasteiger partial charge in [-0.15, -0.1) is 0 Å². The zero-order chi connectivity index (χ0) is 27.7. The predicted octanol–water partition coefficient (Wildman–Crippen LogP) is 4.08. The van der Waals surface area contributed by atoms with Crippen molar-refractivity contribution in [3.05, 3.63) is 69.7 Å². The fourth-order valence-corrected chi connectivity index (χ4v) is 4.71. The smallest absolute Gasteiger partial charge is 0.347 e. The first-order valence-electron chi connectivity index (χ1n) is 11.1. The number of hydrogen-bond acceptors (Lipinski definition) is 7. The molecule has 2 N–H and O–H groups in total. The number of aromatic nitrogens is 3. The second-order valence-corrected chi connectivity index (χ2v) is 9.51. The number of halogens is 6. The van der Waals surface area contributed by atoms with Crippen molar-refractivity contribution in [1.29, 1.82) is 0 Å². The minimum Gasteiger partial charge on any atom is -0.347 e. The number of amides is 2. The summed E-state index contributed by atoms with van der Waals surface area (Å²) in [6, 6.07) is 5.48. The molecule has 1 aliphatic rings. The van der Waals surface area contributed by atoms with Gasteiger partial charge in [-0.05, 0) is 42.7 Å². The Morgan fingerprint density at radius 3 is 2.37 bits per heavy atom. The molecule has 4 rings (SSSR count). The van der Waals surface area contributed by atoms with Crippen molar-refractivity contribution in [2.75, 3.05) is 25.0 Å². The first-order valence-corrected chi connectivity index (χ1v) is 11.9. The Kier molecular flexibility index (Phi) is 7.69. The number of carbonyl (C=O) groups is 2. The van der Waals surface area contributed by atoms with Crippen LogP contribution in [0.1, 0.15) is 42.7 Å². The molecule has 1 aromatic carbocycles. The molecule has 8 nitrogen and oxygen atoms in total. The molecule has 15 heteroatoms. The summed E-state index contributed by atoms with van der Waals surface area (Å²) in [7, 11) is 0. The topological polar surface area (TPSA) is 100 Å². The van der Waals surface area contributed by atoms with Gasteiger partial charge < -0.3 is 10.6 Å². The van der Waals surface area contributed by atoms with E-state index < -0.39 is 42.4 Å². The molecule has 2 amide bonds. The van der Waals surface area contributed by atoms with E-state index >= 15 is 0 Å². The zero-order valence-electron chi connectivity index (χ0n) is 19.7. The molecule has 38 heavy (non-hydrogen) atoms. The van der Waals surface area contributed by atoms with Crippen molar-refractivity contribution in [2.45, 2.75) is 31.7 Å². The minimum atomic E-state index is -4.65. The van der Waals surface area contributed by atoms with Gasteiger partial charge in [0.25, 0.3) is 11.8 Å². The summed E-state index contributed by atoms with van der Waals surface area (Å²) in [6.45, 7) is 0.766. The molecule has 1 fully saturated rings. The van der Waals surface area contributed by atoms with Gasteiger partial charge >= 0.3 is 12.4 Å². The van der Waals surface area contributed by atoms with E-state index in [9.17, 15) is 35.9 Å². The molecule has 202 valence electrons. The number of nitrogens with one attached hydrogen (secondary N) is 2. The van der Waals surface area contributed by atoms with Gasteiger partial charge in [-0.3, -0.25) is 19.5 Å². The van der Waals surface area contributed by atoms with Crippen molar-refractivity contribution in [1.82, 2.24) is 24.6 Å². The third kappa shape index (κ3) is 6.83. The van der Waals surface area contributed by atoms with Gasteiger partial charge in [0.15, 0.2) is 5.69 Å². The molecule has 1 aliphatic heterocycles. The van der Waals surface area contributed by atoms with Crippen LogP contribution in [0.2, 0.25) is 0 Å². The van der Waals surface area contributed by atoms with E-state index in [1.807, 2.05) is 0 Å². The van der Waals surface area contributed by atoms with E-state index in [0.29, 0.717) is 22.5 Å². The summed E-state index contributed by atoms with van der Waals surface area (Å²) in [5, 5.41) is 5.33. The van der Waals surface area contributed by atoms with Gasteiger partial charge in [-0.1, -0.05) is 0 Å². The lowest BCUT2D eigenvalue weighted by atomic mass is 10.1. The average molecular weight is 559 g/mol. The van der Waals surface area contributed by atoms with Crippen LogP contribution in [0.15, 0.2) is 36.7 Å². The Morgan fingerprint density at radius 1 is 1.05 bits per heavy atom. The lowest BCUT2D eigenvalue weighted by Gasteiger charge is -2.39. The average Bonchev–Trinajstić information content (AvgIpc) is 3.16. The third-order valence-corrected chi connectivity index (χ3v) is 6.51. The van der Waals surface area contributed by atoms with Gasteiger partial charge in [0.1, 0.15) is 0 Å². The Labute approximate surface area is 216 Å². The van der Waals surface area contributed by atoms with Crippen LogP contribution in [0.25, 0.3) is 0 Å². The van der Waals surface area contributed by atoms with E-state index in [1.54, 1.807) is 6.92 Å². The van der Waals surface area contributed by atoms with Crippen LogP contribution < -0.4 is 10.6 Å². The number of benzene rings is 1. The second-order valence-electron chi connectivity index (χ2n) is 8.65. The van der Waals surface area contributed by atoms with E-state index in [0.717, 1.165) is 11.5 Å². The Bertz CT molecular complexity index is 1320. The standard InChI is InChI=1S/C23H20F6N6O2S/c1-12-19(17(38-34-12)6-15-7-30-8-18(31-15)23(27,28)29)21(37)32-14-4-2-13(3-5-14)20(36)33-16-9-35(10-16)11-22(24,25)26/h2-5,7-8,16H,6,9-11H2,1H3,(H,32,37)(H,33,36). The number of carbonyl (C=O) groups excluding carboxylic acids is 2. The van der Waals surface area contributed by atoms with Crippen molar-refractivity contribution in [3.63, 3.8) is 0 Å². The molecule has 0 saturated carbocycles. The Balaban J connectivity index is 1.36. The van der Waals surface area contributed by atoms with Crippen LogP contribution in [0.3, 0.4) is 0 Å². The molecule has 3 aromatic rings. The van der Waals surface area contributed by atoms with Crippen molar-refractivity contribution < 1.29 is 35.9 Å². The van der Waals surface area contributed by atoms with Crippen molar-refractivity contribution in [2.24, 2.45) is 0 Å². The van der Waals surface area contributed by atoms with Crippen molar-refractivity contribution >= 4 is 29.0 Å².